The van der Waals surface area contributed by atoms with Gasteiger partial charge in [-0.2, -0.15) is 0 Å². The maximum absolute atomic E-state index is 6.50. The summed E-state index contributed by atoms with van der Waals surface area (Å²) in [5.74, 6) is 1.36. The molecule has 0 saturated carbocycles. The average molecular weight is 261 g/mol. The number of hydrogen-bond donors (Lipinski definition) is 1. The largest absolute Gasteiger partial charge is 0.491 e. The number of para-hydroxylation sites is 1. The SMILES string of the molecule is CC(C)Oc1ccccc1C(N)C1CC2CCC1O2. The summed E-state index contributed by atoms with van der Waals surface area (Å²) < 4.78 is 11.8. The highest BCUT2D eigenvalue weighted by Crippen LogP contribution is 2.45. The van der Waals surface area contributed by atoms with E-state index in [1.165, 1.54) is 6.42 Å². The van der Waals surface area contributed by atoms with E-state index in [9.17, 15) is 0 Å². The Labute approximate surface area is 115 Å². The Hall–Kier alpha value is -1.06. The first-order chi connectivity index (χ1) is 9.15. The molecule has 0 amide bonds. The van der Waals surface area contributed by atoms with Gasteiger partial charge in [0, 0.05) is 17.5 Å². The van der Waals surface area contributed by atoms with E-state index in [4.69, 9.17) is 15.2 Å². The molecule has 2 heterocycles. The fourth-order valence-electron chi connectivity index (χ4n) is 3.40. The van der Waals surface area contributed by atoms with Crippen LogP contribution in [0.1, 0.15) is 44.7 Å². The zero-order valence-electron chi connectivity index (χ0n) is 11.7. The molecular formula is C16H23NO2. The Balaban J connectivity index is 1.81. The van der Waals surface area contributed by atoms with Crippen LogP contribution in [0.25, 0.3) is 0 Å². The molecule has 104 valence electrons. The molecule has 2 aliphatic rings. The van der Waals surface area contributed by atoms with E-state index in [1.54, 1.807) is 0 Å². The van der Waals surface area contributed by atoms with E-state index in [0.717, 1.165) is 24.2 Å². The Morgan fingerprint density at radius 2 is 2.05 bits per heavy atom. The molecule has 0 aliphatic carbocycles. The van der Waals surface area contributed by atoms with Crippen molar-refractivity contribution in [2.24, 2.45) is 11.7 Å². The molecule has 2 N–H and O–H groups in total. The van der Waals surface area contributed by atoms with Crippen LogP contribution in [0.5, 0.6) is 5.75 Å². The van der Waals surface area contributed by atoms with Gasteiger partial charge in [0.15, 0.2) is 0 Å². The number of nitrogens with two attached hydrogens (primary N) is 1. The first-order valence-corrected chi connectivity index (χ1v) is 7.31. The van der Waals surface area contributed by atoms with Gasteiger partial charge in [-0.3, -0.25) is 0 Å². The van der Waals surface area contributed by atoms with Crippen molar-refractivity contribution in [1.82, 2.24) is 0 Å². The van der Waals surface area contributed by atoms with Crippen LogP contribution >= 0.6 is 0 Å². The first-order valence-electron chi connectivity index (χ1n) is 7.31. The Bertz CT molecular complexity index is 446. The fourth-order valence-corrected chi connectivity index (χ4v) is 3.40. The van der Waals surface area contributed by atoms with Crippen LogP contribution in [0.3, 0.4) is 0 Å². The minimum Gasteiger partial charge on any atom is -0.491 e. The van der Waals surface area contributed by atoms with Crippen LogP contribution in [0.15, 0.2) is 24.3 Å². The average Bonchev–Trinajstić information content (AvgIpc) is 3.00. The van der Waals surface area contributed by atoms with Gasteiger partial charge in [0.25, 0.3) is 0 Å². The van der Waals surface area contributed by atoms with Crippen molar-refractivity contribution in [2.75, 3.05) is 0 Å². The molecule has 3 heteroatoms. The minimum atomic E-state index is 0.0187. The lowest BCUT2D eigenvalue weighted by Crippen LogP contribution is -2.29. The first kappa shape index (κ1) is 12.9. The van der Waals surface area contributed by atoms with E-state index >= 15 is 0 Å². The highest BCUT2D eigenvalue weighted by atomic mass is 16.5. The number of fused-ring (bicyclic) bond motifs is 2. The Morgan fingerprint density at radius 3 is 2.68 bits per heavy atom. The fraction of sp³-hybridized carbons (Fsp3) is 0.625. The van der Waals surface area contributed by atoms with Crippen LogP contribution in [0, 0.1) is 5.92 Å². The highest BCUT2D eigenvalue weighted by molar-refractivity contribution is 5.36. The zero-order chi connectivity index (χ0) is 13.4. The lowest BCUT2D eigenvalue weighted by molar-refractivity contribution is 0.0882. The van der Waals surface area contributed by atoms with E-state index in [1.807, 2.05) is 32.0 Å². The quantitative estimate of drug-likeness (QED) is 0.906. The van der Waals surface area contributed by atoms with Gasteiger partial charge in [-0.25, -0.2) is 0 Å². The summed E-state index contributed by atoms with van der Waals surface area (Å²) in [6.07, 6.45) is 4.44. The Morgan fingerprint density at radius 1 is 1.26 bits per heavy atom. The summed E-state index contributed by atoms with van der Waals surface area (Å²) in [4.78, 5) is 0. The molecule has 0 aromatic heterocycles. The predicted octanol–water partition coefficient (Wildman–Crippen LogP) is 3.04. The molecule has 2 saturated heterocycles. The second kappa shape index (κ2) is 5.14. The van der Waals surface area contributed by atoms with Crippen LogP contribution in [0.2, 0.25) is 0 Å². The van der Waals surface area contributed by atoms with Gasteiger partial charge in [-0.1, -0.05) is 18.2 Å². The number of hydrogen-bond acceptors (Lipinski definition) is 3. The van der Waals surface area contributed by atoms with Gasteiger partial charge in [-0.15, -0.1) is 0 Å². The minimum absolute atomic E-state index is 0.0187. The maximum atomic E-state index is 6.50. The summed E-state index contributed by atoms with van der Waals surface area (Å²) in [6, 6.07) is 8.17. The maximum Gasteiger partial charge on any atom is 0.124 e. The van der Waals surface area contributed by atoms with Gasteiger partial charge >= 0.3 is 0 Å². The smallest absolute Gasteiger partial charge is 0.124 e. The molecule has 4 unspecified atom stereocenters. The van der Waals surface area contributed by atoms with Gasteiger partial charge in [0.05, 0.1) is 18.3 Å². The topological polar surface area (TPSA) is 44.5 Å². The van der Waals surface area contributed by atoms with Crippen molar-refractivity contribution in [1.29, 1.82) is 0 Å². The van der Waals surface area contributed by atoms with Gasteiger partial charge in [0.1, 0.15) is 5.75 Å². The van der Waals surface area contributed by atoms with Gasteiger partial charge in [0.2, 0.25) is 0 Å². The normalized spacial score (nSPS) is 30.8. The van der Waals surface area contributed by atoms with Crippen LogP contribution < -0.4 is 10.5 Å². The molecular weight excluding hydrogens is 238 g/mol. The second-order valence-electron chi connectivity index (χ2n) is 6.00. The molecule has 0 radical (unpaired) electrons. The second-order valence-corrected chi connectivity index (χ2v) is 6.00. The number of ether oxygens (including phenoxy) is 2. The van der Waals surface area contributed by atoms with Crippen LogP contribution in [-0.2, 0) is 4.74 Å². The third kappa shape index (κ3) is 2.49. The standard InChI is InChI=1S/C16H23NO2/c1-10(2)18-14-6-4-3-5-12(14)16(17)13-9-11-7-8-15(13)19-11/h3-6,10-11,13,15-16H,7-9,17H2,1-2H3. The molecule has 3 nitrogen and oxygen atoms in total. The molecule has 2 aliphatic heterocycles. The monoisotopic (exact) mass is 261 g/mol. The van der Waals surface area contributed by atoms with Crippen molar-refractivity contribution in [3.63, 3.8) is 0 Å². The van der Waals surface area contributed by atoms with Crippen molar-refractivity contribution >= 4 is 0 Å². The lowest BCUT2D eigenvalue weighted by atomic mass is 9.81. The lowest BCUT2D eigenvalue weighted by Gasteiger charge is -2.27. The van der Waals surface area contributed by atoms with E-state index < -0.39 is 0 Å². The van der Waals surface area contributed by atoms with E-state index in [0.29, 0.717) is 18.1 Å². The molecule has 1 aromatic rings. The molecule has 4 atom stereocenters. The van der Waals surface area contributed by atoms with Crippen LogP contribution in [0.4, 0.5) is 0 Å². The molecule has 2 bridgehead atoms. The zero-order valence-corrected chi connectivity index (χ0v) is 11.7. The Kier molecular flexibility index (Phi) is 3.50. The van der Waals surface area contributed by atoms with E-state index in [2.05, 4.69) is 6.07 Å². The van der Waals surface area contributed by atoms with Gasteiger partial charge in [-0.05, 0) is 39.2 Å². The summed E-state index contributed by atoms with van der Waals surface area (Å²) in [7, 11) is 0. The van der Waals surface area contributed by atoms with E-state index in [-0.39, 0.29) is 12.1 Å². The van der Waals surface area contributed by atoms with Crippen molar-refractivity contribution in [3.8, 4) is 5.75 Å². The summed E-state index contributed by atoms with van der Waals surface area (Å²) in [6.45, 7) is 4.09. The number of rotatable bonds is 4. The molecule has 19 heavy (non-hydrogen) atoms. The third-order valence-corrected chi connectivity index (χ3v) is 4.26. The summed E-state index contributed by atoms with van der Waals surface area (Å²) in [5.41, 5.74) is 7.63. The molecule has 2 fully saturated rings. The molecule has 1 aromatic carbocycles. The highest BCUT2D eigenvalue weighted by Gasteiger charge is 2.44. The van der Waals surface area contributed by atoms with Crippen molar-refractivity contribution in [2.45, 2.75) is 57.5 Å². The number of benzene rings is 1. The van der Waals surface area contributed by atoms with Crippen molar-refractivity contribution < 1.29 is 9.47 Å². The third-order valence-electron chi connectivity index (χ3n) is 4.26. The molecule has 3 rings (SSSR count). The molecule has 0 spiro atoms. The van der Waals surface area contributed by atoms with Crippen LogP contribution in [-0.4, -0.2) is 18.3 Å². The van der Waals surface area contributed by atoms with Gasteiger partial charge < -0.3 is 15.2 Å². The summed E-state index contributed by atoms with van der Waals surface area (Å²) in [5, 5.41) is 0. The van der Waals surface area contributed by atoms with Crippen molar-refractivity contribution in [3.05, 3.63) is 29.8 Å². The summed E-state index contributed by atoms with van der Waals surface area (Å²) >= 11 is 0. The predicted molar refractivity (Wildman–Crippen MR) is 75.1 cm³/mol.